The fourth-order valence-corrected chi connectivity index (χ4v) is 6.00. The number of primary amides is 1. The Morgan fingerprint density at radius 2 is 1.89 bits per heavy atom. The van der Waals surface area contributed by atoms with Gasteiger partial charge in [0.2, 0.25) is 15.8 Å². The molecule has 0 spiro atoms. The minimum atomic E-state index is -3.47. The predicted octanol–water partition coefficient (Wildman–Crippen LogP) is -1.14. The van der Waals surface area contributed by atoms with E-state index in [0.717, 1.165) is 6.26 Å². The third kappa shape index (κ3) is 4.15. The molecule has 0 unspecified atom stereocenters. The predicted molar refractivity (Wildman–Crippen MR) is 134 cm³/mol. The van der Waals surface area contributed by atoms with Crippen molar-refractivity contribution in [3.63, 3.8) is 0 Å². The van der Waals surface area contributed by atoms with Gasteiger partial charge in [0, 0.05) is 17.1 Å². The molecule has 0 saturated heterocycles. The van der Waals surface area contributed by atoms with Gasteiger partial charge in [-0.3, -0.25) is 19.3 Å². The number of sulfonamides is 1. The third-order valence-corrected chi connectivity index (χ3v) is 7.92. The number of nitrogens with one attached hydrogen (secondary N) is 1. The quantitative estimate of drug-likeness (QED) is 0.198. The first-order valence-corrected chi connectivity index (χ1v) is 13.4. The van der Waals surface area contributed by atoms with E-state index in [-0.39, 0.29) is 36.3 Å². The molecule has 1 amide bonds. The summed E-state index contributed by atoms with van der Waals surface area (Å²) in [6.07, 6.45) is 1.01. The van der Waals surface area contributed by atoms with Crippen molar-refractivity contribution in [3.8, 4) is 17.6 Å². The van der Waals surface area contributed by atoms with Gasteiger partial charge in [-0.1, -0.05) is 11.8 Å². The molecule has 202 valence electrons. The zero-order chi connectivity index (χ0) is 28.3. The molecule has 1 saturated carbocycles. The Labute approximate surface area is 218 Å². The monoisotopic (exact) mass is 545 g/mol. The maximum Gasteiger partial charge on any atom is 0.255 e. The van der Waals surface area contributed by atoms with Crippen molar-refractivity contribution in [2.75, 3.05) is 26.9 Å². The molecule has 4 atom stereocenters. The second kappa shape index (κ2) is 9.25. The minimum Gasteiger partial charge on any atom is -0.508 e. The van der Waals surface area contributed by atoms with Crippen LogP contribution in [0.2, 0.25) is 0 Å². The highest BCUT2D eigenvalue weighted by Crippen LogP contribution is 2.52. The van der Waals surface area contributed by atoms with Crippen molar-refractivity contribution < 1.29 is 43.2 Å². The number of phenolic OH excluding ortho intramolecular Hbond substituents is 1. The van der Waals surface area contributed by atoms with Crippen molar-refractivity contribution >= 4 is 33.3 Å². The van der Waals surface area contributed by atoms with Crippen molar-refractivity contribution in [1.82, 2.24) is 9.62 Å². The van der Waals surface area contributed by atoms with E-state index in [0.29, 0.717) is 11.1 Å². The van der Waals surface area contributed by atoms with Gasteiger partial charge in [0.25, 0.3) is 5.91 Å². The molecular formula is C25H27N3O9S. The second-order valence-corrected chi connectivity index (χ2v) is 11.7. The van der Waals surface area contributed by atoms with Gasteiger partial charge in [0.05, 0.1) is 24.4 Å². The molecule has 0 radical (unpaired) electrons. The van der Waals surface area contributed by atoms with Crippen LogP contribution in [0.5, 0.6) is 5.75 Å². The largest absolute Gasteiger partial charge is 0.508 e. The Hall–Kier alpha value is -3.70. The number of rotatable bonds is 4. The molecule has 1 aromatic carbocycles. The fraction of sp³-hybridized carbons (Fsp3) is 0.400. The number of phenols is 1. The van der Waals surface area contributed by atoms with Crippen LogP contribution in [-0.2, 0) is 30.8 Å². The summed E-state index contributed by atoms with van der Waals surface area (Å²) in [5.41, 5.74) is 2.11. The SMILES string of the molecule is CN(C)[C@@H]1C(=O)C(C(N)=O)=C(O)[C@@]2(O)C(=O)C3=C(O)c4c(O)ccc(C#CCNS(C)(=O)=O)c4C[C@H]3C[C@@H]12. The third-order valence-electron chi connectivity index (χ3n) is 7.25. The maximum absolute atomic E-state index is 13.8. The molecular weight excluding hydrogens is 518 g/mol. The lowest BCUT2D eigenvalue weighted by molar-refractivity contribution is -0.153. The number of benzene rings is 1. The molecule has 7 N–H and O–H groups in total. The van der Waals surface area contributed by atoms with E-state index in [1.54, 1.807) is 0 Å². The Bertz CT molecular complexity index is 1510. The molecule has 3 aliphatic carbocycles. The van der Waals surface area contributed by atoms with E-state index in [9.17, 15) is 43.2 Å². The number of fused-ring (bicyclic) bond motifs is 3. The zero-order valence-corrected chi connectivity index (χ0v) is 21.6. The van der Waals surface area contributed by atoms with Gasteiger partial charge in [-0.25, -0.2) is 13.1 Å². The number of hydrogen-bond donors (Lipinski definition) is 6. The Morgan fingerprint density at radius 3 is 2.47 bits per heavy atom. The van der Waals surface area contributed by atoms with Gasteiger partial charge in [0.15, 0.2) is 11.4 Å². The number of amides is 1. The number of hydrogen-bond acceptors (Lipinski definition) is 10. The van der Waals surface area contributed by atoms with E-state index in [2.05, 4.69) is 16.6 Å². The topological polar surface area (TPSA) is 208 Å². The van der Waals surface area contributed by atoms with Crippen LogP contribution in [-0.4, -0.2) is 89.8 Å². The Balaban J connectivity index is 1.88. The van der Waals surface area contributed by atoms with Crippen molar-refractivity contribution in [2.24, 2.45) is 17.6 Å². The summed E-state index contributed by atoms with van der Waals surface area (Å²) in [7, 11) is -0.432. The number of aliphatic hydroxyl groups excluding tert-OH is 2. The molecule has 1 fully saturated rings. The van der Waals surface area contributed by atoms with Crippen molar-refractivity contribution in [3.05, 3.63) is 45.7 Å². The summed E-state index contributed by atoms with van der Waals surface area (Å²) >= 11 is 0. The summed E-state index contributed by atoms with van der Waals surface area (Å²) in [6.45, 7) is -0.182. The van der Waals surface area contributed by atoms with Crippen LogP contribution in [0.3, 0.4) is 0 Å². The smallest absolute Gasteiger partial charge is 0.255 e. The fourth-order valence-electron chi connectivity index (χ4n) is 5.67. The molecule has 1 aromatic rings. The molecule has 4 rings (SSSR count). The van der Waals surface area contributed by atoms with E-state index in [4.69, 9.17) is 5.73 Å². The Morgan fingerprint density at radius 1 is 1.24 bits per heavy atom. The van der Waals surface area contributed by atoms with E-state index >= 15 is 0 Å². The minimum absolute atomic E-state index is 0.0517. The second-order valence-electron chi connectivity index (χ2n) is 9.84. The number of carbonyl (C=O) groups excluding carboxylic acids is 3. The van der Waals surface area contributed by atoms with Crippen LogP contribution in [0.25, 0.3) is 5.76 Å². The molecule has 3 aliphatic rings. The zero-order valence-electron chi connectivity index (χ0n) is 20.8. The van der Waals surface area contributed by atoms with Gasteiger partial charge >= 0.3 is 0 Å². The first-order chi connectivity index (χ1) is 17.6. The average Bonchev–Trinajstić information content (AvgIpc) is 2.79. The molecule has 12 nitrogen and oxygen atoms in total. The van der Waals surface area contributed by atoms with E-state index in [1.807, 2.05) is 0 Å². The lowest BCUT2D eigenvalue weighted by Crippen LogP contribution is -2.65. The first-order valence-electron chi connectivity index (χ1n) is 11.5. The van der Waals surface area contributed by atoms with Gasteiger partial charge in [-0.05, 0) is 50.6 Å². The van der Waals surface area contributed by atoms with Crippen LogP contribution in [0, 0.1) is 23.7 Å². The summed E-state index contributed by atoms with van der Waals surface area (Å²) in [6, 6.07) is 1.55. The van der Waals surface area contributed by atoms with Crippen molar-refractivity contribution in [1.29, 1.82) is 0 Å². The standard InChI is InChI=1S/C25H27N3O9S/c1-28(2)19-14-10-12-9-13-11(5-4-8-27-38(3,36)37)6-7-15(29)17(13)20(30)16(12)22(32)25(14,35)23(33)18(21(19)31)24(26)34/h6-7,12,14,19,27,29-30,33,35H,8-10H2,1-3H3,(H2,26,34)/t12-,14-,19-,25-/m0/s1. The number of Topliss-reactive ketones (excluding diaryl/α,β-unsaturated/α-hetero) is 2. The van der Waals surface area contributed by atoms with Gasteiger partial charge in [0.1, 0.15) is 22.8 Å². The van der Waals surface area contributed by atoms with Gasteiger partial charge < -0.3 is 26.2 Å². The lowest BCUT2D eigenvalue weighted by atomic mass is 9.57. The number of aromatic hydroxyl groups is 1. The highest BCUT2D eigenvalue weighted by molar-refractivity contribution is 7.88. The molecule has 0 bridgehead atoms. The van der Waals surface area contributed by atoms with Crippen LogP contribution in [0.1, 0.15) is 23.1 Å². The van der Waals surface area contributed by atoms with Crippen LogP contribution in [0.4, 0.5) is 0 Å². The van der Waals surface area contributed by atoms with Crippen LogP contribution >= 0.6 is 0 Å². The molecule has 0 heterocycles. The molecule has 38 heavy (non-hydrogen) atoms. The average molecular weight is 546 g/mol. The molecule has 13 heteroatoms. The normalized spacial score (nSPS) is 26.9. The van der Waals surface area contributed by atoms with E-state index in [1.165, 1.54) is 31.1 Å². The number of aliphatic hydroxyl groups is 3. The summed E-state index contributed by atoms with van der Waals surface area (Å²) in [4.78, 5) is 40.3. The maximum atomic E-state index is 13.8. The first kappa shape index (κ1) is 27.3. The van der Waals surface area contributed by atoms with Gasteiger partial charge in [-0.15, -0.1) is 0 Å². The molecule has 0 aliphatic heterocycles. The van der Waals surface area contributed by atoms with Gasteiger partial charge in [-0.2, -0.15) is 0 Å². The lowest BCUT2D eigenvalue weighted by Gasteiger charge is -2.50. The number of likely N-dealkylation sites (N-methyl/N-ethyl adjacent to an activating group) is 1. The molecule has 0 aromatic heterocycles. The number of ketones is 2. The summed E-state index contributed by atoms with van der Waals surface area (Å²) in [5, 5.41) is 44.1. The van der Waals surface area contributed by atoms with E-state index < -0.39 is 68.1 Å². The summed E-state index contributed by atoms with van der Waals surface area (Å²) in [5.74, 6) is -1.86. The highest BCUT2D eigenvalue weighted by Gasteiger charge is 2.64. The Kier molecular flexibility index (Phi) is 6.65. The van der Waals surface area contributed by atoms with Crippen LogP contribution < -0.4 is 10.5 Å². The highest BCUT2D eigenvalue weighted by atomic mass is 32.2. The number of carbonyl (C=O) groups is 3. The summed E-state index contributed by atoms with van der Waals surface area (Å²) < 4.78 is 24.8. The number of nitrogens with two attached hydrogens (primary N) is 1. The van der Waals surface area contributed by atoms with Crippen molar-refractivity contribution in [2.45, 2.75) is 24.5 Å². The van der Waals surface area contributed by atoms with Crippen LogP contribution in [0.15, 0.2) is 29.0 Å². The number of nitrogens with zero attached hydrogens (tertiary/aromatic N) is 1.